The largest absolute Gasteiger partial charge is 0.329 e. The number of carbonyl (C=O) groups excluding carboxylic acids is 1. The van der Waals surface area contributed by atoms with Crippen LogP contribution < -0.4 is 5.73 Å². The van der Waals surface area contributed by atoms with Crippen molar-refractivity contribution in [2.45, 2.75) is 70.4 Å². The molecule has 3 rings (SSSR count). The molecule has 2 aliphatic carbocycles. The fourth-order valence-corrected chi connectivity index (χ4v) is 4.85. The second-order valence-corrected chi connectivity index (χ2v) is 8.38. The molecule has 22 heavy (non-hydrogen) atoms. The predicted molar refractivity (Wildman–Crippen MR) is 95.9 cm³/mol. The first-order valence-electron chi connectivity index (χ1n) is 8.25. The van der Waals surface area contributed by atoms with Gasteiger partial charge < -0.3 is 10.6 Å². The second kappa shape index (κ2) is 6.88. The van der Waals surface area contributed by atoms with Crippen molar-refractivity contribution >= 4 is 21.8 Å². The summed E-state index contributed by atoms with van der Waals surface area (Å²) >= 11 is 3.53. The third-order valence-electron chi connectivity index (χ3n) is 5.06. The third kappa shape index (κ3) is 3.83. The molecule has 3 aliphatic rings. The van der Waals surface area contributed by atoms with Crippen molar-refractivity contribution in [3.8, 4) is 0 Å². The first-order valence-corrected chi connectivity index (χ1v) is 9.17. The third-order valence-corrected chi connectivity index (χ3v) is 5.94. The first-order chi connectivity index (χ1) is 10.2. The van der Waals surface area contributed by atoms with Gasteiger partial charge in [0.15, 0.2) is 0 Å². The molecule has 1 heterocycles. The van der Waals surface area contributed by atoms with Crippen molar-refractivity contribution in [3.05, 3.63) is 23.3 Å². The van der Waals surface area contributed by atoms with Crippen LogP contribution in [0.25, 0.3) is 0 Å². The van der Waals surface area contributed by atoms with Crippen LogP contribution in [0.15, 0.2) is 23.3 Å². The van der Waals surface area contributed by atoms with Crippen molar-refractivity contribution in [2.75, 3.05) is 0 Å². The average Bonchev–Trinajstić information content (AvgIpc) is 3.11. The Balaban J connectivity index is 0.000000164. The van der Waals surface area contributed by atoms with Crippen LogP contribution in [0.4, 0.5) is 0 Å². The van der Waals surface area contributed by atoms with E-state index in [2.05, 4.69) is 55.8 Å². The molecule has 0 spiro atoms. The lowest BCUT2D eigenvalue weighted by Crippen LogP contribution is -2.38. The molecular formula is C18H29BrN2O. The van der Waals surface area contributed by atoms with Gasteiger partial charge in [0.1, 0.15) is 0 Å². The van der Waals surface area contributed by atoms with Gasteiger partial charge in [-0.3, -0.25) is 4.79 Å². The van der Waals surface area contributed by atoms with Crippen LogP contribution in [0.3, 0.4) is 0 Å². The molecule has 3 nitrogen and oxygen atoms in total. The number of rotatable bonds is 0. The zero-order valence-corrected chi connectivity index (χ0v) is 15.9. The van der Waals surface area contributed by atoms with Gasteiger partial charge in [-0.15, -0.1) is 0 Å². The highest BCUT2D eigenvalue weighted by atomic mass is 79.9. The van der Waals surface area contributed by atoms with E-state index in [1.807, 2.05) is 4.90 Å². The van der Waals surface area contributed by atoms with E-state index < -0.39 is 0 Å². The molecule has 4 heteroatoms. The molecule has 0 bridgehead atoms. The summed E-state index contributed by atoms with van der Waals surface area (Å²) < 4.78 is 0. The van der Waals surface area contributed by atoms with Gasteiger partial charge in [-0.25, -0.2) is 0 Å². The fraction of sp³-hybridized carbons (Fsp3) is 0.722. The highest BCUT2D eigenvalue weighted by Crippen LogP contribution is 2.42. The van der Waals surface area contributed by atoms with Crippen LogP contribution >= 0.6 is 15.9 Å². The molecule has 0 aromatic carbocycles. The summed E-state index contributed by atoms with van der Waals surface area (Å²) in [6.45, 7) is 10.4. The first kappa shape index (κ1) is 17.7. The Labute approximate surface area is 143 Å². The lowest BCUT2D eigenvalue weighted by Gasteiger charge is -2.28. The highest BCUT2D eigenvalue weighted by molar-refractivity contribution is 9.09. The Kier molecular flexibility index (Phi) is 5.54. The molecule has 0 aromatic heterocycles. The van der Waals surface area contributed by atoms with Crippen molar-refractivity contribution in [2.24, 2.45) is 17.6 Å². The van der Waals surface area contributed by atoms with Gasteiger partial charge in [-0.1, -0.05) is 53.1 Å². The summed E-state index contributed by atoms with van der Waals surface area (Å²) in [6.07, 6.45) is 6.77. The van der Waals surface area contributed by atoms with Gasteiger partial charge in [0.05, 0.1) is 12.1 Å². The topological polar surface area (TPSA) is 46.1 Å². The maximum Gasteiger partial charge on any atom is 0.220 e. The monoisotopic (exact) mass is 368 g/mol. The molecule has 1 amide bonds. The van der Waals surface area contributed by atoms with E-state index in [-0.39, 0.29) is 5.91 Å². The van der Waals surface area contributed by atoms with Gasteiger partial charge in [-0.2, -0.15) is 0 Å². The number of halogens is 1. The molecular weight excluding hydrogens is 340 g/mol. The van der Waals surface area contributed by atoms with Gasteiger partial charge in [-0.05, 0) is 38.5 Å². The van der Waals surface area contributed by atoms with Crippen LogP contribution in [-0.2, 0) is 4.79 Å². The number of allylic oxidation sites excluding steroid dienone is 2. The molecule has 124 valence electrons. The van der Waals surface area contributed by atoms with Crippen LogP contribution in [0.1, 0.15) is 47.5 Å². The number of nitrogens with zero attached hydrogens (tertiary/aromatic N) is 1. The minimum Gasteiger partial charge on any atom is -0.329 e. The highest BCUT2D eigenvalue weighted by Gasteiger charge is 2.52. The SMILES string of the molecule is CC(=O)N1C2C=C(C)C[C@@H](C)[C@H]21.CC1=C[C@@H](Br)[C@H](N)[C@H](C)C1. The molecule has 1 unspecified atom stereocenters. The Morgan fingerprint density at radius 3 is 2.27 bits per heavy atom. The van der Waals surface area contributed by atoms with Gasteiger partial charge in [0, 0.05) is 17.8 Å². The molecule has 0 radical (unpaired) electrons. The van der Waals surface area contributed by atoms with E-state index in [0.29, 0.717) is 34.8 Å². The quantitative estimate of drug-likeness (QED) is 0.403. The van der Waals surface area contributed by atoms with E-state index in [1.165, 1.54) is 11.1 Å². The summed E-state index contributed by atoms with van der Waals surface area (Å²) in [5.74, 6) is 1.50. The van der Waals surface area contributed by atoms with E-state index in [1.54, 1.807) is 6.92 Å². The molecule has 6 atom stereocenters. The van der Waals surface area contributed by atoms with Crippen molar-refractivity contribution < 1.29 is 4.79 Å². The minimum atomic E-state index is 0.225. The molecule has 1 aliphatic heterocycles. The van der Waals surface area contributed by atoms with E-state index in [9.17, 15) is 4.79 Å². The minimum absolute atomic E-state index is 0.225. The lowest BCUT2D eigenvalue weighted by atomic mass is 9.87. The molecule has 1 fully saturated rings. The lowest BCUT2D eigenvalue weighted by molar-refractivity contribution is -0.124. The Morgan fingerprint density at radius 1 is 1.18 bits per heavy atom. The van der Waals surface area contributed by atoms with Crippen molar-refractivity contribution in [1.82, 2.24) is 4.90 Å². The summed E-state index contributed by atoms with van der Waals surface area (Å²) in [4.78, 5) is 13.5. The zero-order chi connectivity index (χ0) is 16.6. The number of nitrogens with two attached hydrogens (primary N) is 1. The zero-order valence-electron chi connectivity index (χ0n) is 14.3. The standard InChI is InChI=1S/C10H15NO.C8H14BrN/c1-6-4-7(2)10-9(5-6)11(10)8(3)12;1-5-3-6(2)8(10)7(9)4-5/h5,7,9-10H,4H2,1-3H3;4,6-8H,3,10H2,1-2H3/t7-,9?,10-,11?;6-,7-,8-/m11/s1. The molecule has 2 N–H and O–H groups in total. The maximum atomic E-state index is 11.1. The van der Waals surface area contributed by atoms with Crippen LogP contribution in [0, 0.1) is 11.8 Å². The van der Waals surface area contributed by atoms with E-state index >= 15 is 0 Å². The number of hydrogen-bond donors (Lipinski definition) is 1. The summed E-state index contributed by atoms with van der Waals surface area (Å²) in [5, 5.41) is 0. The molecule has 0 saturated carbocycles. The van der Waals surface area contributed by atoms with Gasteiger partial charge in [0.2, 0.25) is 5.91 Å². The van der Waals surface area contributed by atoms with Crippen LogP contribution in [0.5, 0.6) is 0 Å². The molecule has 1 saturated heterocycles. The molecule has 0 aromatic rings. The maximum absolute atomic E-state index is 11.1. The number of fused-ring (bicyclic) bond motifs is 1. The number of alkyl halides is 1. The number of amides is 1. The summed E-state index contributed by atoms with van der Waals surface area (Å²) in [6, 6.07) is 1.25. The summed E-state index contributed by atoms with van der Waals surface area (Å²) in [7, 11) is 0. The second-order valence-electron chi connectivity index (χ2n) is 7.32. The number of hydrogen-bond acceptors (Lipinski definition) is 2. The normalized spacial score (nSPS) is 39.9. The Hall–Kier alpha value is -0.610. The smallest absolute Gasteiger partial charge is 0.220 e. The average molecular weight is 369 g/mol. The number of carbonyl (C=O) groups is 1. The fourth-order valence-electron chi connectivity index (χ4n) is 3.87. The summed E-state index contributed by atoms with van der Waals surface area (Å²) in [5.41, 5.74) is 8.78. The van der Waals surface area contributed by atoms with Crippen molar-refractivity contribution in [3.63, 3.8) is 0 Å². The van der Waals surface area contributed by atoms with E-state index in [4.69, 9.17) is 5.73 Å². The van der Waals surface area contributed by atoms with Crippen LogP contribution in [-0.4, -0.2) is 33.8 Å². The van der Waals surface area contributed by atoms with Crippen LogP contribution in [0.2, 0.25) is 0 Å². The van der Waals surface area contributed by atoms with Gasteiger partial charge in [0.25, 0.3) is 0 Å². The van der Waals surface area contributed by atoms with Crippen molar-refractivity contribution in [1.29, 1.82) is 0 Å². The Bertz CT molecular complexity index is 499. The predicted octanol–water partition coefficient (Wildman–Crippen LogP) is 3.64. The Morgan fingerprint density at radius 2 is 1.73 bits per heavy atom. The van der Waals surface area contributed by atoms with E-state index in [0.717, 1.165) is 12.8 Å². The van der Waals surface area contributed by atoms with Gasteiger partial charge >= 0.3 is 0 Å².